The second-order valence-electron chi connectivity index (χ2n) is 6.62. The molecule has 1 aliphatic heterocycles. The van der Waals surface area contributed by atoms with E-state index in [1.807, 2.05) is 24.3 Å². The van der Waals surface area contributed by atoms with E-state index in [1.165, 1.54) is 5.56 Å². The Morgan fingerprint density at radius 3 is 2.50 bits per heavy atom. The fraction of sp³-hybridized carbons (Fsp3) is 0.556. The lowest BCUT2D eigenvalue weighted by atomic mass is 9.97. The van der Waals surface area contributed by atoms with Gasteiger partial charge in [0.25, 0.3) is 5.91 Å². The Hall–Kier alpha value is -2.08. The quantitative estimate of drug-likeness (QED) is 0.489. The van der Waals surface area contributed by atoms with Crippen molar-refractivity contribution in [3.05, 3.63) is 29.8 Å². The number of ether oxygens (including phenoxy) is 1. The summed E-state index contributed by atoms with van der Waals surface area (Å²) >= 11 is 0. The number of hydrogen-bond acceptors (Lipinski definition) is 4. The van der Waals surface area contributed by atoms with Gasteiger partial charge in [-0.3, -0.25) is 15.0 Å². The molecule has 1 fully saturated rings. The maximum atomic E-state index is 12.6. The minimum atomic E-state index is -0.588. The lowest BCUT2D eigenvalue weighted by Crippen LogP contribution is -2.50. The van der Waals surface area contributed by atoms with Crippen LogP contribution in [-0.2, 0) is 9.59 Å². The van der Waals surface area contributed by atoms with Crippen molar-refractivity contribution in [1.82, 2.24) is 10.3 Å². The molecule has 1 saturated heterocycles. The Balaban J connectivity index is 1.94. The molecule has 6 nitrogen and oxygen atoms in total. The molecule has 1 aliphatic rings. The van der Waals surface area contributed by atoms with Crippen molar-refractivity contribution in [3.8, 4) is 5.75 Å². The van der Waals surface area contributed by atoms with Gasteiger partial charge >= 0.3 is 0 Å². The predicted octanol–water partition coefficient (Wildman–Crippen LogP) is 1.81. The minimum absolute atomic E-state index is 0.0996. The van der Waals surface area contributed by atoms with E-state index >= 15 is 0 Å². The van der Waals surface area contributed by atoms with Crippen LogP contribution in [0.5, 0.6) is 5.75 Å². The van der Waals surface area contributed by atoms with Crippen molar-refractivity contribution in [3.63, 3.8) is 0 Å². The van der Waals surface area contributed by atoms with Crippen LogP contribution in [-0.4, -0.2) is 35.9 Å². The third kappa shape index (κ3) is 4.47. The molecule has 1 aromatic rings. The molecular weight excluding hydrogens is 306 g/mol. The number of hydrazine groups is 1. The zero-order chi connectivity index (χ0) is 17.7. The highest BCUT2D eigenvalue weighted by atomic mass is 16.5. The molecule has 3 N–H and O–H groups in total. The average molecular weight is 333 g/mol. The summed E-state index contributed by atoms with van der Waals surface area (Å²) < 4.78 is 5.77. The number of carbonyl (C=O) groups excluding carboxylic acids is 2. The first-order valence-electron chi connectivity index (χ1n) is 8.48. The van der Waals surface area contributed by atoms with Gasteiger partial charge < -0.3 is 9.64 Å². The molecule has 0 bridgehead atoms. The van der Waals surface area contributed by atoms with E-state index in [1.54, 1.807) is 11.8 Å². The summed E-state index contributed by atoms with van der Waals surface area (Å²) in [6, 6.07) is 7.80. The number of nitrogens with two attached hydrogens (primary N) is 1. The molecule has 1 heterocycles. The third-order valence-corrected chi connectivity index (χ3v) is 4.45. The first-order chi connectivity index (χ1) is 11.4. The van der Waals surface area contributed by atoms with Crippen molar-refractivity contribution in [2.45, 2.75) is 45.6 Å². The number of benzene rings is 1. The molecular formula is C18H27N3O3. The van der Waals surface area contributed by atoms with Gasteiger partial charge in [0.15, 0.2) is 6.10 Å². The molecule has 6 heteroatoms. The molecule has 1 aromatic carbocycles. The van der Waals surface area contributed by atoms with E-state index in [9.17, 15) is 9.59 Å². The maximum Gasteiger partial charge on any atom is 0.263 e. The lowest BCUT2D eigenvalue weighted by molar-refractivity contribution is -0.141. The van der Waals surface area contributed by atoms with Gasteiger partial charge in [0.05, 0.1) is 5.92 Å². The predicted molar refractivity (Wildman–Crippen MR) is 92.3 cm³/mol. The van der Waals surface area contributed by atoms with Gasteiger partial charge in [-0.1, -0.05) is 26.0 Å². The number of nitrogens with zero attached hydrogens (tertiary/aromatic N) is 1. The van der Waals surface area contributed by atoms with Gasteiger partial charge in [0, 0.05) is 13.1 Å². The Bertz CT molecular complexity index is 571. The van der Waals surface area contributed by atoms with Gasteiger partial charge in [0.2, 0.25) is 5.91 Å². The third-order valence-electron chi connectivity index (χ3n) is 4.45. The van der Waals surface area contributed by atoms with Crippen LogP contribution in [0.2, 0.25) is 0 Å². The Labute approximate surface area is 143 Å². The summed E-state index contributed by atoms with van der Waals surface area (Å²) in [7, 11) is 0. The zero-order valence-corrected chi connectivity index (χ0v) is 14.6. The Kier molecular flexibility index (Phi) is 6.20. The van der Waals surface area contributed by atoms with Crippen LogP contribution in [0.25, 0.3) is 0 Å². The molecule has 0 saturated carbocycles. The highest BCUT2D eigenvalue weighted by Gasteiger charge is 2.30. The van der Waals surface area contributed by atoms with E-state index in [0.717, 1.165) is 12.8 Å². The summed E-state index contributed by atoms with van der Waals surface area (Å²) in [4.78, 5) is 25.9. The number of piperidine rings is 1. The first-order valence-corrected chi connectivity index (χ1v) is 8.48. The van der Waals surface area contributed by atoms with Gasteiger partial charge in [-0.2, -0.15) is 0 Å². The van der Waals surface area contributed by atoms with Crippen LogP contribution >= 0.6 is 0 Å². The SMILES string of the molecule is CC(Oc1ccc(C(C)C)cc1)C(=O)N1CCCC(C(=O)NN)C1. The molecule has 2 atom stereocenters. The van der Waals surface area contributed by atoms with E-state index < -0.39 is 6.10 Å². The molecule has 0 aromatic heterocycles. The fourth-order valence-corrected chi connectivity index (χ4v) is 2.95. The summed E-state index contributed by atoms with van der Waals surface area (Å²) in [5.41, 5.74) is 3.40. The van der Waals surface area contributed by atoms with Gasteiger partial charge in [0.1, 0.15) is 5.75 Å². The van der Waals surface area contributed by atoms with Crippen LogP contribution in [0.3, 0.4) is 0 Å². The summed E-state index contributed by atoms with van der Waals surface area (Å²) in [5, 5.41) is 0. The minimum Gasteiger partial charge on any atom is -0.481 e. The number of likely N-dealkylation sites (tertiary alicyclic amines) is 1. The number of rotatable bonds is 5. The standard InChI is InChI=1S/C18H27N3O3/c1-12(2)14-6-8-16(9-7-14)24-13(3)18(23)21-10-4-5-15(11-21)17(22)20-19/h6-9,12-13,15H,4-5,10-11,19H2,1-3H3,(H,20,22). The zero-order valence-electron chi connectivity index (χ0n) is 14.6. The first kappa shape index (κ1) is 18.3. The second-order valence-corrected chi connectivity index (χ2v) is 6.62. The molecule has 24 heavy (non-hydrogen) atoms. The molecule has 0 aliphatic carbocycles. The monoisotopic (exact) mass is 333 g/mol. The molecule has 0 radical (unpaired) electrons. The van der Waals surface area contributed by atoms with E-state index in [4.69, 9.17) is 10.6 Å². The smallest absolute Gasteiger partial charge is 0.263 e. The van der Waals surface area contributed by atoms with E-state index in [2.05, 4.69) is 19.3 Å². The Morgan fingerprint density at radius 1 is 1.25 bits per heavy atom. The van der Waals surface area contributed by atoms with Gasteiger partial charge in [-0.05, 0) is 43.4 Å². The number of nitrogens with one attached hydrogen (secondary N) is 1. The Morgan fingerprint density at radius 2 is 1.92 bits per heavy atom. The van der Waals surface area contributed by atoms with E-state index in [0.29, 0.717) is 24.8 Å². The fourth-order valence-electron chi connectivity index (χ4n) is 2.95. The molecule has 2 unspecified atom stereocenters. The van der Waals surface area contributed by atoms with Crippen molar-refractivity contribution >= 4 is 11.8 Å². The van der Waals surface area contributed by atoms with Crippen molar-refractivity contribution in [1.29, 1.82) is 0 Å². The highest BCUT2D eigenvalue weighted by Crippen LogP contribution is 2.21. The number of amides is 2. The summed E-state index contributed by atoms with van der Waals surface area (Å²) in [5.74, 6) is 5.76. The molecule has 0 spiro atoms. The number of hydrogen-bond donors (Lipinski definition) is 2. The summed E-state index contributed by atoms with van der Waals surface area (Å²) in [6.07, 6.45) is 0.952. The number of carbonyl (C=O) groups is 2. The highest BCUT2D eigenvalue weighted by molar-refractivity contribution is 5.83. The normalized spacial score (nSPS) is 19.0. The van der Waals surface area contributed by atoms with Crippen LogP contribution in [0.1, 0.15) is 45.1 Å². The average Bonchev–Trinajstić information content (AvgIpc) is 2.60. The van der Waals surface area contributed by atoms with Gasteiger partial charge in [-0.15, -0.1) is 0 Å². The van der Waals surface area contributed by atoms with Crippen LogP contribution < -0.4 is 16.0 Å². The second kappa shape index (κ2) is 8.15. The van der Waals surface area contributed by atoms with Gasteiger partial charge in [-0.25, -0.2) is 5.84 Å². The topological polar surface area (TPSA) is 84.7 Å². The largest absolute Gasteiger partial charge is 0.481 e. The van der Waals surface area contributed by atoms with Crippen LogP contribution in [0, 0.1) is 5.92 Å². The van der Waals surface area contributed by atoms with Crippen LogP contribution in [0.15, 0.2) is 24.3 Å². The molecule has 132 valence electrons. The summed E-state index contributed by atoms with van der Waals surface area (Å²) in [6.45, 7) is 7.04. The van der Waals surface area contributed by atoms with Crippen molar-refractivity contribution in [2.24, 2.45) is 11.8 Å². The van der Waals surface area contributed by atoms with Crippen molar-refractivity contribution in [2.75, 3.05) is 13.1 Å². The lowest BCUT2D eigenvalue weighted by Gasteiger charge is -2.33. The molecule has 2 amide bonds. The van der Waals surface area contributed by atoms with Crippen molar-refractivity contribution < 1.29 is 14.3 Å². The van der Waals surface area contributed by atoms with Crippen LogP contribution in [0.4, 0.5) is 0 Å². The molecule has 2 rings (SSSR count). The maximum absolute atomic E-state index is 12.6. The van der Waals surface area contributed by atoms with E-state index in [-0.39, 0.29) is 17.7 Å².